The molecule has 0 N–H and O–H groups in total. The van der Waals surface area contributed by atoms with Crippen molar-refractivity contribution in [2.24, 2.45) is 47.3 Å². The molecule has 0 aromatic heterocycles. The molecule has 6 aliphatic rings. The average molecular weight is 216 g/mol. The largest absolute Gasteiger partial charge is 0.369 e. The van der Waals surface area contributed by atoms with Crippen molar-refractivity contribution in [2.45, 2.75) is 44.3 Å². The lowest BCUT2D eigenvalue weighted by Gasteiger charge is -2.39. The van der Waals surface area contributed by atoms with E-state index in [4.69, 9.17) is 4.74 Å². The van der Waals surface area contributed by atoms with Gasteiger partial charge < -0.3 is 4.74 Å². The Morgan fingerprint density at radius 2 is 1.19 bits per heavy atom. The molecule has 0 aromatic carbocycles. The number of ether oxygens (including phenoxy) is 1. The summed E-state index contributed by atoms with van der Waals surface area (Å²) in [6, 6.07) is 0. The summed E-state index contributed by atoms with van der Waals surface area (Å²) in [6.07, 6.45) is 9.44. The van der Waals surface area contributed by atoms with E-state index in [1.807, 2.05) is 0 Å². The molecule has 1 aliphatic heterocycles. The zero-order chi connectivity index (χ0) is 10.0. The Morgan fingerprint density at radius 3 is 1.81 bits per heavy atom. The highest BCUT2D eigenvalue weighted by Crippen LogP contribution is 2.75. The fourth-order valence-corrected chi connectivity index (χ4v) is 7.57. The van der Waals surface area contributed by atoms with Crippen molar-refractivity contribution in [3.63, 3.8) is 0 Å². The van der Waals surface area contributed by atoms with E-state index in [1.165, 1.54) is 11.8 Å². The molecule has 1 saturated heterocycles. The van der Waals surface area contributed by atoms with Gasteiger partial charge in [-0.1, -0.05) is 6.42 Å². The number of hydrogen-bond donors (Lipinski definition) is 0. The minimum Gasteiger partial charge on any atom is -0.369 e. The van der Waals surface area contributed by atoms with Crippen LogP contribution in [0.4, 0.5) is 0 Å². The van der Waals surface area contributed by atoms with Gasteiger partial charge in [0.1, 0.15) is 0 Å². The summed E-state index contributed by atoms with van der Waals surface area (Å²) in [4.78, 5) is 0. The first-order chi connectivity index (χ1) is 7.93. The van der Waals surface area contributed by atoms with Crippen molar-refractivity contribution >= 4 is 0 Å². The molecule has 0 amide bonds. The van der Waals surface area contributed by atoms with Crippen molar-refractivity contribution in [1.29, 1.82) is 0 Å². The summed E-state index contributed by atoms with van der Waals surface area (Å²) in [5.41, 5.74) is 0. The lowest BCUT2D eigenvalue weighted by atomic mass is 9.64. The van der Waals surface area contributed by atoms with E-state index in [0.717, 1.165) is 47.7 Å². The first-order valence-electron chi connectivity index (χ1n) is 7.59. The summed E-state index contributed by atoms with van der Waals surface area (Å²) < 4.78 is 5.92. The van der Waals surface area contributed by atoms with E-state index in [-0.39, 0.29) is 0 Å². The third kappa shape index (κ3) is 0.652. The monoisotopic (exact) mass is 216 g/mol. The van der Waals surface area contributed by atoms with Crippen LogP contribution in [0.15, 0.2) is 0 Å². The van der Waals surface area contributed by atoms with E-state index in [0.29, 0.717) is 0 Å². The molecule has 5 aliphatic carbocycles. The number of rotatable bonds is 0. The maximum absolute atomic E-state index is 5.92. The summed E-state index contributed by atoms with van der Waals surface area (Å²) in [5, 5.41) is 0. The topological polar surface area (TPSA) is 12.5 Å². The molecule has 86 valence electrons. The summed E-state index contributed by atoms with van der Waals surface area (Å²) in [7, 11) is 0. The zero-order valence-corrected chi connectivity index (χ0v) is 9.72. The molecule has 16 heavy (non-hydrogen) atoms. The maximum Gasteiger partial charge on any atom is 0.0875 e. The standard InChI is InChI=1S/C15H20O/c1-2-6-7(3-1)9-4-8(6)12-10-5-11(13(9)12)15-14(10)16-15/h6-15H,1-5H2. The van der Waals surface area contributed by atoms with Crippen molar-refractivity contribution in [3.8, 4) is 0 Å². The van der Waals surface area contributed by atoms with Crippen LogP contribution in [-0.2, 0) is 4.74 Å². The van der Waals surface area contributed by atoms with E-state index >= 15 is 0 Å². The predicted molar refractivity (Wildman–Crippen MR) is 59.7 cm³/mol. The van der Waals surface area contributed by atoms with Gasteiger partial charge in [-0.05, 0) is 73.0 Å². The van der Waals surface area contributed by atoms with E-state index < -0.39 is 0 Å². The normalized spacial score (nSPS) is 76.5. The molecule has 1 nitrogen and oxygen atoms in total. The average Bonchev–Trinajstić information content (AvgIpc) is 2.77. The van der Waals surface area contributed by atoms with Crippen LogP contribution in [0.1, 0.15) is 32.1 Å². The van der Waals surface area contributed by atoms with Gasteiger partial charge in [-0.15, -0.1) is 0 Å². The Balaban J connectivity index is 1.48. The van der Waals surface area contributed by atoms with Gasteiger partial charge in [-0.3, -0.25) is 0 Å². The molecule has 0 aromatic rings. The molecule has 0 radical (unpaired) electrons. The van der Waals surface area contributed by atoms with Crippen molar-refractivity contribution in [1.82, 2.24) is 0 Å². The van der Waals surface area contributed by atoms with Gasteiger partial charge in [0.25, 0.3) is 0 Å². The van der Waals surface area contributed by atoms with Crippen LogP contribution in [0.2, 0.25) is 0 Å². The van der Waals surface area contributed by atoms with Crippen LogP contribution in [0.3, 0.4) is 0 Å². The molecule has 1 heterocycles. The smallest absolute Gasteiger partial charge is 0.0875 e. The van der Waals surface area contributed by atoms with E-state index in [2.05, 4.69) is 0 Å². The Labute approximate surface area is 96.9 Å². The van der Waals surface area contributed by atoms with E-state index in [9.17, 15) is 0 Å². The van der Waals surface area contributed by atoms with Crippen LogP contribution < -0.4 is 0 Å². The third-order valence-electron chi connectivity index (χ3n) is 7.64. The minimum absolute atomic E-state index is 0.755. The maximum atomic E-state index is 5.92. The second kappa shape index (κ2) is 2.25. The lowest BCUT2D eigenvalue weighted by molar-refractivity contribution is 0.0832. The third-order valence-corrected chi connectivity index (χ3v) is 7.64. The van der Waals surface area contributed by atoms with Crippen LogP contribution in [0.5, 0.6) is 0 Å². The first kappa shape index (κ1) is 8.13. The van der Waals surface area contributed by atoms with Gasteiger partial charge in [0.15, 0.2) is 0 Å². The van der Waals surface area contributed by atoms with Crippen LogP contribution in [0, 0.1) is 47.3 Å². The molecule has 6 fully saturated rings. The molecule has 10 unspecified atom stereocenters. The number of fused-ring (bicyclic) bond motifs is 15. The van der Waals surface area contributed by atoms with Crippen molar-refractivity contribution in [3.05, 3.63) is 0 Å². The molecule has 0 spiro atoms. The highest BCUT2D eigenvalue weighted by Gasteiger charge is 2.74. The number of epoxide rings is 1. The second-order valence-corrected chi connectivity index (χ2v) is 7.61. The number of hydrogen-bond acceptors (Lipinski definition) is 1. The Hall–Kier alpha value is -0.0400. The molecular formula is C15H20O. The summed E-state index contributed by atoms with van der Waals surface area (Å²) >= 11 is 0. The fourth-order valence-electron chi connectivity index (χ4n) is 7.57. The molecular weight excluding hydrogens is 196 g/mol. The first-order valence-corrected chi connectivity index (χ1v) is 7.59. The molecule has 1 heteroatoms. The molecule has 10 atom stereocenters. The van der Waals surface area contributed by atoms with Crippen LogP contribution in [-0.4, -0.2) is 12.2 Å². The highest BCUT2D eigenvalue weighted by atomic mass is 16.6. The van der Waals surface area contributed by atoms with Crippen LogP contribution >= 0.6 is 0 Å². The highest BCUT2D eigenvalue weighted by molar-refractivity contribution is 5.22. The zero-order valence-electron chi connectivity index (χ0n) is 9.72. The minimum atomic E-state index is 0.755. The lowest BCUT2D eigenvalue weighted by Crippen LogP contribution is -2.38. The van der Waals surface area contributed by atoms with Gasteiger partial charge in [0, 0.05) is 0 Å². The van der Waals surface area contributed by atoms with Gasteiger partial charge in [0.2, 0.25) is 0 Å². The summed E-state index contributed by atoms with van der Waals surface area (Å²) in [5.74, 6) is 8.97. The van der Waals surface area contributed by atoms with Crippen molar-refractivity contribution in [2.75, 3.05) is 0 Å². The predicted octanol–water partition coefficient (Wildman–Crippen LogP) is 2.70. The Morgan fingerprint density at radius 1 is 0.625 bits per heavy atom. The SMILES string of the molecule is C1CC2C(C1)C1CC2C2C3CC(C4OC34)C12. The fraction of sp³-hybridized carbons (Fsp3) is 1.00. The molecule has 6 rings (SSSR count). The van der Waals surface area contributed by atoms with Crippen molar-refractivity contribution < 1.29 is 4.74 Å². The van der Waals surface area contributed by atoms with Gasteiger partial charge >= 0.3 is 0 Å². The van der Waals surface area contributed by atoms with Gasteiger partial charge in [-0.2, -0.15) is 0 Å². The van der Waals surface area contributed by atoms with Gasteiger partial charge in [0.05, 0.1) is 12.2 Å². The molecule has 4 bridgehead atoms. The Kier molecular flexibility index (Phi) is 1.15. The van der Waals surface area contributed by atoms with Crippen LogP contribution in [0.25, 0.3) is 0 Å². The molecule has 5 saturated carbocycles. The Bertz CT molecular complexity index is 346. The second-order valence-electron chi connectivity index (χ2n) is 7.61. The van der Waals surface area contributed by atoms with Gasteiger partial charge in [-0.25, -0.2) is 0 Å². The summed E-state index contributed by atoms with van der Waals surface area (Å²) in [6.45, 7) is 0. The van der Waals surface area contributed by atoms with E-state index in [1.54, 1.807) is 32.1 Å². The quantitative estimate of drug-likeness (QED) is 0.448.